The minimum absolute atomic E-state index is 0.182. The van der Waals surface area contributed by atoms with Gasteiger partial charge in [0.05, 0.1) is 5.54 Å². The molecule has 1 aliphatic carbocycles. The Kier molecular flexibility index (Phi) is 3.01. The highest BCUT2D eigenvalue weighted by Crippen LogP contribution is 2.63. The largest absolute Gasteiger partial charge is 0.296 e. The molecule has 0 saturated carbocycles. The van der Waals surface area contributed by atoms with Crippen molar-refractivity contribution < 1.29 is 4.79 Å². The van der Waals surface area contributed by atoms with Crippen LogP contribution in [-0.4, -0.2) is 16.4 Å². The van der Waals surface area contributed by atoms with Gasteiger partial charge in [-0.05, 0) is 33.9 Å². The van der Waals surface area contributed by atoms with E-state index in [-0.39, 0.29) is 12.0 Å². The highest BCUT2D eigenvalue weighted by atomic mass is 32.2. The standard InChI is InChI=1S/C23H19NOS/c25-22-23(12-13-26-22)20-17-11-5-9-14-8-4-10-16(18(14)17)19(20)21(24-23)15-6-2-1-3-7-15/h1-11,19-21,24H,12-13H2/t19-,20+,21+,23+/m1/s1. The molecule has 2 aliphatic heterocycles. The van der Waals surface area contributed by atoms with E-state index in [2.05, 4.69) is 72.0 Å². The Balaban J connectivity index is 1.64. The zero-order valence-corrected chi connectivity index (χ0v) is 15.1. The van der Waals surface area contributed by atoms with Crippen LogP contribution < -0.4 is 5.32 Å². The van der Waals surface area contributed by atoms with Gasteiger partial charge in [0, 0.05) is 23.6 Å². The van der Waals surface area contributed by atoms with Crippen molar-refractivity contribution in [3.63, 3.8) is 0 Å². The second kappa shape index (κ2) is 5.21. The number of nitrogens with one attached hydrogen (secondary N) is 1. The first-order valence-electron chi connectivity index (χ1n) is 9.31. The lowest BCUT2D eigenvalue weighted by Gasteiger charge is -2.29. The Morgan fingerprint density at radius 1 is 0.923 bits per heavy atom. The molecule has 0 unspecified atom stereocenters. The number of carbonyl (C=O) groups excluding carboxylic acids is 1. The Bertz CT molecular complexity index is 1040. The van der Waals surface area contributed by atoms with Crippen LogP contribution in [0.1, 0.15) is 41.0 Å². The number of rotatable bonds is 1. The molecule has 2 saturated heterocycles. The highest BCUT2D eigenvalue weighted by Gasteiger charge is 2.62. The Labute approximate surface area is 157 Å². The van der Waals surface area contributed by atoms with Gasteiger partial charge in [-0.15, -0.1) is 0 Å². The fourth-order valence-electron chi connectivity index (χ4n) is 5.61. The molecule has 128 valence electrons. The summed E-state index contributed by atoms with van der Waals surface area (Å²) in [6.07, 6.45) is 0.922. The van der Waals surface area contributed by atoms with Gasteiger partial charge in [0.2, 0.25) is 5.12 Å². The van der Waals surface area contributed by atoms with E-state index >= 15 is 0 Å². The lowest BCUT2D eigenvalue weighted by molar-refractivity contribution is -0.116. The molecule has 1 N–H and O–H groups in total. The maximum absolute atomic E-state index is 13.1. The van der Waals surface area contributed by atoms with E-state index in [0.717, 1.165) is 12.2 Å². The summed E-state index contributed by atoms with van der Waals surface area (Å²) in [5, 5.41) is 6.86. The van der Waals surface area contributed by atoms with Crippen LogP contribution in [0.3, 0.4) is 0 Å². The quantitative estimate of drug-likeness (QED) is 0.680. The highest BCUT2D eigenvalue weighted by molar-refractivity contribution is 8.14. The normalized spacial score (nSPS) is 31.8. The average molecular weight is 357 g/mol. The molecule has 0 amide bonds. The van der Waals surface area contributed by atoms with Gasteiger partial charge in [-0.3, -0.25) is 10.1 Å². The third kappa shape index (κ3) is 1.75. The number of hydrogen-bond acceptors (Lipinski definition) is 3. The molecule has 2 heterocycles. The van der Waals surface area contributed by atoms with Crippen molar-refractivity contribution >= 4 is 27.6 Å². The molecule has 3 heteroatoms. The Hall–Kier alpha value is -2.10. The van der Waals surface area contributed by atoms with Crippen molar-refractivity contribution in [2.75, 3.05) is 5.75 Å². The van der Waals surface area contributed by atoms with E-state index in [4.69, 9.17) is 0 Å². The van der Waals surface area contributed by atoms with Gasteiger partial charge >= 0.3 is 0 Å². The number of fused-ring (bicyclic) bond motifs is 4. The summed E-state index contributed by atoms with van der Waals surface area (Å²) in [5.74, 6) is 1.47. The zero-order valence-electron chi connectivity index (χ0n) is 14.3. The molecular formula is C23H19NOS. The summed E-state index contributed by atoms with van der Waals surface area (Å²) in [5.41, 5.74) is 3.63. The second-order valence-corrected chi connectivity index (χ2v) is 8.75. The average Bonchev–Trinajstić information content (AvgIpc) is 3.33. The topological polar surface area (TPSA) is 29.1 Å². The van der Waals surface area contributed by atoms with E-state index in [1.165, 1.54) is 39.2 Å². The summed E-state index contributed by atoms with van der Waals surface area (Å²) in [7, 11) is 0. The van der Waals surface area contributed by atoms with Gasteiger partial charge in [0.15, 0.2) is 0 Å². The third-order valence-electron chi connectivity index (χ3n) is 6.58. The first-order chi connectivity index (χ1) is 12.8. The number of hydrogen-bond donors (Lipinski definition) is 1. The van der Waals surface area contributed by atoms with Crippen LogP contribution in [0.25, 0.3) is 10.8 Å². The minimum Gasteiger partial charge on any atom is -0.296 e. The van der Waals surface area contributed by atoms with Gasteiger partial charge in [0.25, 0.3) is 0 Å². The van der Waals surface area contributed by atoms with Crippen LogP contribution >= 0.6 is 11.8 Å². The monoisotopic (exact) mass is 357 g/mol. The number of carbonyl (C=O) groups is 1. The van der Waals surface area contributed by atoms with Crippen molar-refractivity contribution in [3.8, 4) is 0 Å². The summed E-state index contributed by atoms with van der Waals surface area (Å²) < 4.78 is 0. The van der Waals surface area contributed by atoms with Crippen LogP contribution in [0.2, 0.25) is 0 Å². The van der Waals surface area contributed by atoms with E-state index in [1.54, 1.807) is 0 Å². The predicted molar refractivity (Wildman–Crippen MR) is 107 cm³/mol. The van der Waals surface area contributed by atoms with Gasteiger partial charge in [-0.2, -0.15) is 0 Å². The minimum atomic E-state index is -0.427. The Morgan fingerprint density at radius 3 is 2.42 bits per heavy atom. The van der Waals surface area contributed by atoms with Gasteiger partial charge in [-0.1, -0.05) is 78.5 Å². The molecule has 2 nitrogen and oxygen atoms in total. The Morgan fingerprint density at radius 2 is 1.69 bits per heavy atom. The van der Waals surface area contributed by atoms with Crippen LogP contribution in [0.4, 0.5) is 0 Å². The summed E-state index contributed by atoms with van der Waals surface area (Å²) in [6.45, 7) is 0. The molecule has 26 heavy (non-hydrogen) atoms. The van der Waals surface area contributed by atoms with Gasteiger partial charge in [0.1, 0.15) is 0 Å². The fraction of sp³-hybridized carbons (Fsp3) is 0.261. The smallest absolute Gasteiger partial charge is 0.209 e. The lowest BCUT2D eigenvalue weighted by Crippen LogP contribution is -2.47. The molecular weight excluding hydrogens is 338 g/mol. The molecule has 3 aliphatic rings. The summed E-state index contributed by atoms with van der Waals surface area (Å²) >= 11 is 1.51. The maximum atomic E-state index is 13.1. The molecule has 4 atom stereocenters. The molecule has 6 rings (SSSR count). The van der Waals surface area contributed by atoms with Crippen molar-refractivity contribution in [2.45, 2.75) is 29.8 Å². The predicted octanol–water partition coefficient (Wildman–Crippen LogP) is 4.77. The van der Waals surface area contributed by atoms with Crippen molar-refractivity contribution in [1.29, 1.82) is 0 Å². The SMILES string of the molecule is O=C1SCC[C@@]12N[C@@H](c1ccccc1)[C@@H]1c3cccc4cccc(c34)[C@@H]12. The molecule has 2 fully saturated rings. The first-order valence-corrected chi connectivity index (χ1v) is 10.3. The first kappa shape index (κ1) is 15.0. The fourth-order valence-corrected chi connectivity index (χ4v) is 6.77. The number of thioether (sulfide) groups is 1. The van der Waals surface area contributed by atoms with Crippen molar-refractivity contribution in [1.82, 2.24) is 5.32 Å². The zero-order chi connectivity index (χ0) is 17.3. The molecule has 0 radical (unpaired) electrons. The third-order valence-corrected chi connectivity index (χ3v) is 7.61. The number of benzene rings is 3. The maximum Gasteiger partial charge on any atom is 0.209 e. The lowest BCUT2D eigenvalue weighted by atomic mass is 9.76. The van der Waals surface area contributed by atoms with Crippen LogP contribution in [0, 0.1) is 0 Å². The van der Waals surface area contributed by atoms with E-state index in [1.807, 2.05) is 0 Å². The van der Waals surface area contributed by atoms with Crippen LogP contribution in [0.15, 0.2) is 66.7 Å². The van der Waals surface area contributed by atoms with E-state index < -0.39 is 5.54 Å². The van der Waals surface area contributed by atoms with Gasteiger partial charge < -0.3 is 0 Å². The molecule has 0 aromatic heterocycles. The van der Waals surface area contributed by atoms with Crippen LogP contribution in [0.5, 0.6) is 0 Å². The molecule has 3 aromatic carbocycles. The van der Waals surface area contributed by atoms with Crippen LogP contribution in [-0.2, 0) is 4.79 Å². The molecule has 0 bridgehead atoms. The van der Waals surface area contributed by atoms with E-state index in [0.29, 0.717) is 11.0 Å². The van der Waals surface area contributed by atoms with Crippen molar-refractivity contribution in [2.24, 2.45) is 0 Å². The second-order valence-electron chi connectivity index (χ2n) is 7.69. The summed E-state index contributed by atoms with van der Waals surface area (Å²) in [4.78, 5) is 13.1. The van der Waals surface area contributed by atoms with Gasteiger partial charge in [-0.25, -0.2) is 0 Å². The van der Waals surface area contributed by atoms with Crippen molar-refractivity contribution in [3.05, 3.63) is 83.4 Å². The molecule has 3 aromatic rings. The van der Waals surface area contributed by atoms with E-state index in [9.17, 15) is 4.79 Å². The molecule has 1 spiro atoms. The summed E-state index contributed by atoms with van der Waals surface area (Å²) in [6, 6.07) is 24.1.